The normalized spacial score (nSPS) is 21.0. The number of likely N-dealkylation sites (N-methyl/N-ethyl adjacent to an activating group) is 1. The van der Waals surface area contributed by atoms with E-state index in [4.69, 9.17) is 4.74 Å². The summed E-state index contributed by atoms with van der Waals surface area (Å²) in [6.07, 6.45) is 3.38. The van der Waals surface area contributed by atoms with Crippen LogP contribution in [0.2, 0.25) is 0 Å². The number of nitrogens with one attached hydrogen (secondary N) is 1. The van der Waals surface area contributed by atoms with Gasteiger partial charge in [0, 0.05) is 32.5 Å². The molecule has 0 aliphatic carbocycles. The van der Waals surface area contributed by atoms with Crippen molar-refractivity contribution < 1.29 is 19.4 Å². The highest BCUT2D eigenvalue weighted by molar-refractivity contribution is 5.79. The van der Waals surface area contributed by atoms with Crippen LogP contribution in [-0.4, -0.2) is 84.2 Å². The molecule has 1 aliphatic rings. The van der Waals surface area contributed by atoms with E-state index < -0.39 is 5.60 Å². The van der Waals surface area contributed by atoms with Crippen LogP contribution in [-0.2, 0) is 20.9 Å². The maximum absolute atomic E-state index is 12.6. The summed E-state index contributed by atoms with van der Waals surface area (Å²) in [5.41, 5.74) is -0.345. The zero-order valence-corrected chi connectivity index (χ0v) is 14.8. The van der Waals surface area contributed by atoms with Crippen molar-refractivity contribution >= 4 is 11.8 Å². The Morgan fingerprint density at radius 3 is 3.00 bits per heavy atom. The second-order valence-electron chi connectivity index (χ2n) is 6.48. The fourth-order valence-corrected chi connectivity index (χ4v) is 2.81. The molecule has 1 aliphatic heterocycles. The Kier molecular flexibility index (Phi) is 6.86. The van der Waals surface area contributed by atoms with Gasteiger partial charge in [-0.2, -0.15) is 0 Å². The van der Waals surface area contributed by atoms with Crippen molar-refractivity contribution in [3.05, 3.63) is 30.1 Å². The summed E-state index contributed by atoms with van der Waals surface area (Å²) in [5, 5.41) is 13.1. The van der Waals surface area contributed by atoms with Gasteiger partial charge in [-0.3, -0.25) is 19.5 Å². The number of aliphatic hydroxyl groups is 1. The molecule has 0 bridgehead atoms. The van der Waals surface area contributed by atoms with Crippen molar-refractivity contribution in [1.29, 1.82) is 0 Å². The average molecular weight is 350 g/mol. The number of amides is 2. The van der Waals surface area contributed by atoms with Crippen LogP contribution in [0.25, 0.3) is 0 Å². The van der Waals surface area contributed by atoms with Crippen LogP contribution in [0.5, 0.6) is 0 Å². The smallest absolute Gasteiger partial charge is 0.236 e. The Hall–Kier alpha value is -2.03. The molecule has 0 saturated carbocycles. The molecule has 1 saturated heterocycles. The third-order valence-electron chi connectivity index (χ3n) is 4.06. The van der Waals surface area contributed by atoms with Crippen molar-refractivity contribution in [2.24, 2.45) is 0 Å². The summed E-state index contributed by atoms with van der Waals surface area (Å²) in [7, 11) is 3.37. The van der Waals surface area contributed by atoms with E-state index in [-0.39, 0.29) is 37.9 Å². The minimum absolute atomic E-state index is 0.0374. The Balaban J connectivity index is 1.93. The number of β-amino-alcohol motifs (C(OH)–C–C–N with tert-alkyl or cyclic N) is 1. The zero-order valence-electron chi connectivity index (χ0n) is 14.8. The Labute approximate surface area is 147 Å². The van der Waals surface area contributed by atoms with Gasteiger partial charge in [0.1, 0.15) is 5.60 Å². The van der Waals surface area contributed by atoms with Crippen LogP contribution in [0.4, 0.5) is 0 Å². The molecule has 8 nitrogen and oxygen atoms in total. The number of hydrogen-bond donors (Lipinski definition) is 2. The summed E-state index contributed by atoms with van der Waals surface area (Å²) in [6.45, 7) is 1.68. The van der Waals surface area contributed by atoms with E-state index in [0.29, 0.717) is 19.7 Å². The largest absolute Gasteiger partial charge is 0.385 e. The molecule has 2 N–H and O–H groups in total. The van der Waals surface area contributed by atoms with E-state index in [2.05, 4.69) is 10.3 Å². The Morgan fingerprint density at radius 2 is 2.32 bits per heavy atom. The maximum Gasteiger partial charge on any atom is 0.236 e. The second kappa shape index (κ2) is 8.89. The van der Waals surface area contributed by atoms with E-state index in [1.54, 1.807) is 17.3 Å². The summed E-state index contributed by atoms with van der Waals surface area (Å²) in [4.78, 5) is 31.7. The number of hydrogen-bond acceptors (Lipinski definition) is 6. The molecule has 138 valence electrons. The van der Waals surface area contributed by atoms with Crippen LogP contribution in [0.1, 0.15) is 12.0 Å². The van der Waals surface area contributed by atoms with Crippen molar-refractivity contribution in [2.75, 3.05) is 46.9 Å². The molecule has 1 atom stereocenters. The van der Waals surface area contributed by atoms with Crippen molar-refractivity contribution in [1.82, 2.24) is 20.1 Å². The number of nitrogens with zero attached hydrogens (tertiary/aromatic N) is 3. The topological polar surface area (TPSA) is 95.0 Å². The van der Waals surface area contributed by atoms with Crippen molar-refractivity contribution in [3.63, 3.8) is 0 Å². The number of ether oxygens (including phenoxy) is 1. The first-order valence-corrected chi connectivity index (χ1v) is 8.28. The standard InChI is InChI=1S/C17H26N4O4/c1-18-15(22)8-17(24)12-21(6-7-25-13-17)16(23)11-20(2)10-14-4-3-5-19-9-14/h3-5,9,24H,6-8,10-13H2,1-2H3,(H,18,22)/t17-/m0/s1. The molecule has 2 amide bonds. The number of carbonyl (C=O) groups is 2. The molecular weight excluding hydrogens is 324 g/mol. The van der Waals surface area contributed by atoms with E-state index in [1.807, 2.05) is 24.1 Å². The Morgan fingerprint density at radius 1 is 1.52 bits per heavy atom. The van der Waals surface area contributed by atoms with Crippen molar-refractivity contribution in [3.8, 4) is 0 Å². The number of aromatic nitrogens is 1. The molecule has 1 aromatic heterocycles. The quantitative estimate of drug-likeness (QED) is 0.700. The van der Waals surface area contributed by atoms with Gasteiger partial charge in [-0.25, -0.2) is 0 Å². The van der Waals surface area contributed by atoms with Crippen molar-refractivity contribution in [2.45, 2.75) is 18.6 Å². The lowest BCUT2D eigenvalue weighted by Crippen LogP contribution is -2.50. The van der Waals surface area contributed by atoms with Gasteiger partial charge < -0.3 is 20.1 Å². The average Bonchev–Trinajstić information content (AvgIpc) is 2.77. The van der Waals surface area contributed by atoms with E-state index in [0.717, 1.165) is 5.56 Å². The molecular formula is C17H26N4O4. The minimum Gasteiger partial charge on any atom is -0.385 e. The molecule has 0 aromatic carbocycles. The lowest BCUT2D eigenvalue weighted by atomic mass is 9.99. The van der Waals surface area contributed by atoms with Gasteiger partial charge in [0.25, 0.3) is 0 Å². The van der Waals surface area contributed by atoms with Gasteiger partial charge >= 0.3 is 0 Å². The number of carbonyl (C=O) groups excluding carboxylic acids is 2. The molecule has 0 unspecified atom stereocenters. The van der Waals surface area contributed by atoms with Gasteiger partial charge in [0.2, 0.25) is 11.8 Å². The third-order valence-corrected chi connectivity index (χ3v) is 4.06. The predicted octanol–water partition coefficient (Wildman–Crippen LogP) is -0.761. The van der Waals surface area contributed by atoms with E-state index in [9.17, 15) is 14.7 Å². The van der Waals surface area contributed by atoms with Gasteiger partial charge in [0.15, 0.2) is 0 Å². The maximum atomic E-state index is 12.6. The molecule has 2 heterocycles. The second-order valence-corrected chi connectivity index (χ2v) is 6.48. The first-order chi connectivity index (χ1) is 11.9. The minimum atomic E-state index is -1.37. The summed E-state index contributed by atoms with van der Waals surface area (Å²) in [5.74, 6) is -0.388. The molecule has 25 heavy (non-hydrogen) atoms. The SMILES string of the molecule is CNC(=O)C[C@@]1(O)COCCN(C(=O)CN(C)Cc2cccnc2)C1. The molecule has 8 heteroatoms. The fraction of sp³-hybridized carbons (Fsp3) is 0.588. The van der Waals surface area contributed by atoms with E-state index >= 15 is 0 Å². The highest BCUT2D eigenvalue weighted by Crippen LogP contribution is 2.17. The fourth-order valence-electron chi connectivity index (χ4n) is 2.81. The first-order valence-electron chi connectivity index (χ1n) is 8.28. The monoisotopic (exact) mass is 350 g/mol. The molecule has 1 fully saturated rings. The van der Waals surface area contributed by atoms with Gasteiger partial charge in [-0.05, 0) is 18.7 Å². The van der Waals surface area contributed by atoms with E-state index in [1.165, 1.54) is 7.05 Å². The lowest BCUT2D eigenvalue weighted by Gasteiger charge is -2.31. The summed E-state index contributed by atoms with van der Waals surface area (Å²) < 4.78 is 5.39. The lowest BCUT2D eigenvalue weighted by molar-refractivity contribution is -0.138. The van der Waals surface area contributed by atoms with Crippen LogP contribution in [0.15, 0.2) is 24.5 Å². The van der Waals surface area contributed by atoms with Gasteiger partial charge in [0.05, 0.1) is 32.7 Å². The molecule has 1 aromatic rings. The van der Waals surface area contributed by atoms with Crippen LogP contribution >= 0.6 is 0 Å². The summed E-state index contributed by atoms with van der Waals surface area (Å²) in [6, 6.07) is 3.81. The zero-order chi connectivity index (χ0) is 18.3. The molecule has 0 spiro atoms. The van der Waals surface area contributed by atoms with Gasteiger partial charge in [-0.15, -0.1) is 0 Å². The highest BCUT2D eigenvalue weighted by atomic mass is 16.5. The molecule has 2 rings (SSSR count). The van der Waals surface area contributed by atoms with Crippen LogP contribution in [0.3, 0.4) is 0 Å². The number of pyridine rings is 1. The first kappa shape index (κ1) is 19.3. The Bertz CT molecular complexity index is 583. The van der Waals surface area contributed by atoms with Crippen LogP contribution < -0.4 is 5.32 Å². The number of rotatable bonds is 6. The van der Waals surface area contributed by atoms with Crippen LogP contribution in [0, 0.1) is 0 Å². The summed E-state index contributed by atoms with van der Waals surface area (Å²) >= 11 is 0. The highest BCUT2D eigenvalue weighted by Gasteiger charge is 2.36. The van der Waals surface area contributed by atoms with Gasteiger partial charge in [-0.1, -0.05) is 6.07 Å². The third kappa shape index (κ3) is 6.08. The predicted molar refractivity (Wildman–Crippen MR) is 91.6 cm³/mol. The molecule has 0 radical (unpaired) electrons.